The fraction of sp³-hybridized carbons (Fsp3) is 0.200. The SMILES string of the molecule is CNC(=O)c1ccc(NC(=O)CN2C(=O)N[C@](C)(c3ccc(F)c(F)c3)C2=O)cc1. The summed E-state index contributed by atoms with van der Waals surface area (Å²) in [6.45, 7) is 0.760. The van der Waals surface area contributed by atoms with Gasteiger partial charge in [-0.25, -0.2) is 13.6 Å². The second-order valence-corrected chi connectivity index (χ2v) is 6.78. The van der Waals surface area contributed by atoms with Gasteiger partial charge in [0.25, 0.3) is 11.8 Å². The van der Waals surface area contributed by atoms with Crippen LogP contribution in [-0.2, 0) is 15.1 Å². The van der Waals surface area contributed by atoms with Crippen molar-refractivity contribution in [1.82, 2.24) is 15.5 Å². The van der Waals surface area contributed by atoms with Gasteiger partial charge in [0.1, 0.15) is 12.1 Å². The van der Waals surface area contributed by atoms with Gasteiger partial charge in [-0.05, 0) is 48.9 Å². The van der Waals surface area contributed by atoms with Gasteiger partial charge in [0.2, 0.25) is 5.91 Å². The fourth-order valence-electron chi connectivity index (χ4n) is 3.04. The Morgan fingerprint density at radius 3 is 2.33 bits per heavy atom. The molecule has 1 aliphatic heterocycles. The van der Waals surface area contributed by atoms with Gasteiger partial charge in [-0.1, -0.05) is 6.07 Å². The minimum Gasteiger partial charge on any atom is -0.355 e. The Morgan fingerprint density at radius 2 is 1.73 bits per heavy atom. The van der Waals surface area contributed by atoms with Crippen LogP contribution < -0.4 is 16.0 Å². The van der Waals surface area contributed by atoms with Crippen LogP contribution in [0.2, 0.25) is 0 Å². The molecule has 0 spiro atoms. The highest BCUT2D eigenvalue weighted by atomic mass is 19.2. The lowest BCUT2D eigenvalue weighted by molar-refractivity contribution is -0.133. The summed E-state index contributed by atoms with van der Waals surface area (Å²) in [5.41, 5.74) is -0.830. The highest BCUT2D eigenvalue weighted by Gasteiger charge is 2.49. The third kappa shape index (κ3) is 3.84. The first-order valence-corrected chi connectivity index (χ1v) is 8.87. The third-order valence-electron chi connectivity index (χ3n) is 4.73. The van der Waals surface area contributed by atoms with Crippen LogP contribution >= 0.6 is 0 Å². The van der Waals surface area contributed by atoms with E-state index in [1.54, 1.807) is 0 Å². The molecular formula is C20H18F2N4O4. The highest BCUT2D eigenvalue weighted by Crippen LogP contribution is 2.29. The van der Waals surface area contributed by atoms with E-state index in [-0.39, 0.29) is 11.5 Å². The van der Waals surface area contributed by atoms with E-state index in [9.17, 15) is 28.0 Å². The summed E-state index contributed by atoms with van der Waals surface area (Å²) in [5.74, 6) is -3.96. The van der Waals surface area contributed by atoms with Crippen molar-refractivity contribution in [2.75, 3.05) is 18.9 Å². The average Bonchev–Trinajstić information content (AvgIpc) is 2.94. The largest absolute Gasteiger partial charge is 0.355 e. The fourth-order valence-corrected chi connectivity index (χ4v) is 3.04. The molecule has 30 heavy (non-hydrogen) atoms. The van der Waals surface area contributed by atoms with Gasteiger partial charge in [0.05, 0.1) is 0 Å². The molecule has 3 N–H and O–H groups in total. The highest BCUT2D eigenvalue weighted by molar-refractivity contribution is 6.10. The van der Waals surface area contributed by atoms with Gasteiger partial charge in [-0.2, -0.15) is 0 Å². The van der Waals surface area contributed by atoms with Crippen LogP contribution in [0, 0.1) is 11.6 Å². The Labute approximate surface area is 170 Å². The Morgan fingerprint density at radius 1 is 1.07 bits per heavy atom. The van der Waals surface area contributed by atoms with Crippen molar-refractivity contribution in [3.8, 4) is 0 Å². The van der Waals surface area contributed by atoms with Crippen molar-refractivity contribution < 1.29 is 28.0 Å². The number of hydrogen-bond donors (Lipinski definition) is 3. The summed E-state index contributed by atoms with van der Waals surface area (Å²) in [7, 11) is 1.49. The Bertz CT molecular complexity index is 1040. The van der Waals surface area contributed by atoms with E-state index in [0.717, 1.165) is 12.1 Å². The number of benzene rings is 2. The number of urea groups is 1. The van der Waals surface area contributed by atoms with E-state index < -0.39 is 41.6 Å². The minimum absolute atomic E-state index is 0.0486. The number of carbonyl (C=O) groups excluding carboxylic acids is 4. The number of anilines is 1. The lowest BCUT2D eigenvalue weighted by Gasteiger charge is -2.22. The first-order chi connectivity index (χ1) is 14.2. The molecule has 1 aliphatic rings. The van der Waals surface area contributed by atoms with Crippen LogP contribution in [0.25, 0.3) is 0 Å². The second kappa shape index (κ2) is 7.90. The van der Waals surface area contributed by atoms with Crippen molar-refractivity contribution in [2.24, 2.45) is 0 Å². The number of nitrogens with one attached hydrogen (secondary N) is 3. The van der Waals surface area contributed by atoms with Crippen LogP contribution in [0.5, 0.6) is 0 Å². The summed E-state index contributed by atoms with van der Waals surface area (Å²) in [4.78, 5) is 49.6. The monoisotopic (exact) mass is 416 g/mol. The number of halogens is 2. The van der Waals surface area contributed by atoms with E-state index in [0.29, 0.717) is 16.2 Å². The molecule has 0 saturated carbocycles. The molecule has 1 heterocycles. The number of nitrogens with zero attached hydrogens (tertiary/aromatic N) is 1. The van der Waals surface area contributed by atoms with Crippen LogP contribution in [-0.4, -0.2) is 42.2 Å². The topological polar surface area (TPSA) is 108 Å². The predicted molar refractivity (Wildman–Crippen MR) is 102 cm³/mol. The van der Waals surface area contributed by atoms with E-state index in [2.05, 4.69) is 16.0 Å². The number of imide groups is 1. The molecule has 5 amide bonds. The molecule has 0 unspecified atom stereocenters. The molecule has 0 bridgehead atoms. The molecule has 1 saturated heterocycles. The number of rotatable bonds is 5. The summed E-state index contributed by atoms with van der Waals surface area (Å²) >= 11 is 0. The summed E-state index contributed by atoms with van der Waals surface area (Å²) < 4.78 is 26.8. The maximum atomic E-state index is 13.6. The maximum Gasteiger partial charge on any atom is 0.325 e. The van der Waals surface area contributed by atoms with E-state index in [4.69, 9.17) is 0 Å². The molecule has 1 atom stereocenters. The molecule has 0 aromatic heterocycles. The zero-order chi connectivity index (χ0) is 22.1. The summed E-state index contributed by atoms with van der Waals surface area (Å²) in [5, 5.41) is 7.40. The van der Waals surface area contributed by atoms with Crippen LogP contribution in [0.3, 0.4) is 0 Å². The van der Waals surface area contributed by atoms with Gasteiger partial charge >= 0.3 is 6.03 Å². The second-order valence-electron chi connectivity index (χ2n) is 6.78. The Balaban J connectivity index is 1.71. The first-order valence-electron chi connectivity index (χ1n) is 8.87. The summed E-state index contributed by atoms with van der Waals surface area (Å²) in [6, 6.07) is 8.04. The molecule has 2 aromatic rings. The van der Waals surface area contributed by atoms with E-state index in [1.807, 2.05) is 0 Å². The number of hydrogen-bond acceptors (Lipinski definition) is 4. The lowest BCUT2D eigenvalue weighted by atomic mass is 9.92. The van der Waals surface area contributed by atoms with Crippen LogP contribution in [0.15, 0.2) is 42.5 Å². The van der Waals surface area contributed by atoms with Crippen LogP contribution in [0.4, 0.5) is 19.3 Å². The van der Waals surface area contributed by atoms with E-state index >= 15 is 0 Å². The molecular weight excluding hydrogens is 398 g/mol. The van der Waals surface area contributed by atoms with Gasteiger partial charge in [-0.3, -0.25) is 19.3 Å². The third-order valence-corrected chi connectivity index (χ3v) is 4.73. The van der Waals surface area contributed by atoms with Crippen molar-refractivity contribution >= 4 is 29.4 Å². The number of amides is 5. The van der Waals surface area contributed by atoms with Crippen LogP contribution in [0.1, 0.15) is 22.8 Å². The van der Waals surface area contributed by atoms with Crippen molar-refractivity contribution in [2.45, 2.75) is 12.5 Å². The first kappa shape index (κ1) is 20.9. The van der Waals surface area contributed by atoms with Gasteiger partial charge in [0, 0.05) is 18.3 Å². The minimum atomic E-state index is -1.64. The van der Waals surface area contributed by atoms with Crippen molar-refractivity contribution in [1.29, 1.82) is 0 Å². The quantitative estimate of drug-likeness (QED) is 0.645. The van der Waals surface area contributed by atoms with Gasteiger partial charge < -0.3 is 16.0 Å². The summed E-state index contributed by atoms with van der Waals surface area (Å²) in [6.07, 6.45) is 0. The van der Waals surface area contributed by atoms with Crippen molar-refractivity contribution in [3.05, 3.63) is 65.2 Å². The molecule has 10 heteroatoms. The Kier molecular flexibility index (Phi) is 5.50. The standard InChI is InChI=1S/C20H18F2N4O4/c1-20(12-5-8-14(21)15(22)9-12)18(29)26(19(30)25-20)10-16(27)24-13-6-3-11(4-7-13)17(28)23-2/h3-9H,10H2,1-2H3,(H,23,28)(H,24,27)(H,25,30)/t20-/m1/s1. The number of carbonyl (C=O) groups is 4. The van der Waals surface area contributed by atoms with Crippen molar-refractivity contribution in [3.63, 3.8) is 0 Å². The zero-order valence-electron chi connectivity index (χ0n) is 16.1. The molecule has 0 aliphatic carbocycles. The average molecular weight is 416 g/mol. The smallest absolute Gasteiger partial charge is 0.325 e. The molecule has 156 valence electrons. The molecule has 3 rings (SSSR count). The molecule has 0 radical (unpaired) electrons. The molecule has 1 fully saturated rings. The predicted octanol–water partition coefficient (Wildman–Crippen LogP) is 1.73. The van der Waals surface area contributed by atoms with E-state index in [1.165, 1.54) is 44.3 Å². The maximum absolute atomic E-state index is 13.6. The zero-order valence-corrected chi connectivity index (χ0v) is 16.1. The van der Waals surface area contributed by atoms with Gasteiger partial charge in [-0.15, -0.1) is 0 Å². The Hall–Kier alpha value is -3.82. The molecule has 2 aromatic carbocycles. The lowest BCUT2D eigenvalue weighted by Crippen LogP contribution is -2.42. The molecule has 8 nitrogen and oxygen atoms in total. The van der Waals surface area contributed by atoms with Gasteiger partial charge in [0.15, 0.2) is 11.6 Å². The normalized spacial score (nSPS) is 18.2.